The van der Waals surface area contributed by atoms with Crippen LogP contribution in [0, 0.1) is 6.92 Å². The van der Waals surface area contributed by atoms with E-state index in [9.17, 15) is 4.79 Å². The topological polar surface area (TPSA) is 64.9 Å². The van der Waals surface area contributed by atoms with Gasteiger partial charge in [-0.05, 0) is 48.9 Å². The summed E-state index contributed by atoms with van der Waals surface area (Å²) in [5, 5.41) is 2.98. The quantitative estimate of drug-likeness (QED) is 0.517. The minimum Gasteiger partial charge on any atom is -0.497 e. The van der Waals surface area contributed by atoms with Crippen LogP contribution in [0.3, 0.4) is 0 Å². The first-order chi connectivity index (χ1) is 14.1. The van der Waals surface area contributed by atoms with Gasteiger partial charge in [0.1, 0.15) is 16.4 Å². The third-order valence-corrected chi connectivity index (χ3v) is 5.89. The van der Waals surface area contributed by atoms with Crippen LogP contribution < -0.4 is 14.8 Å². The maximum absolute atomic E-state index is 12.7. The first-order valence-corrected chi connectivity index (χ1v) is 9.94. The fraction of sp³-hybridized carbons (Fsp3) is 0.182. The Hall–Kier alpha value is -3.32. The number of ether oxygens (including phenoxy) is 2. The lowest BCUT2D eigenvalue weighted by Gasteiger charge is -2.06. The number of methoxy groups -OCH3 is 2. The highest BCUT2D eigenvalue weighted by molar-refractivity contribution is 7.19. The molecule has 6 nitrogen and oxygen atoms in total. The summed E-state index contributed by atoms with van der Waals surface area (Å²) in [6.45, 7) is 2.37. The zero-order chi connectivity index (χ0) is 20.4. The molecule has 0 saturated carbocycles. The number of hydrogen-bond donors (Lipinski definition) is 1. The molecule has 0 atom stereocenters. The smallest absolute Gasteiger partial charge is 0.263 e. The first kappa shape index (κ1) is 19.0. The van der Waals surface area contributed by atoms with Gasteiger partial charge in [-0.25, -0.2) is 4.98 Å². The molecule has 2 aromatic carbocycles. The Labute approximate surface area is 172 Å². The number of benzene rings is 2. The summed E-state index contributed by atoms with van der Waals surface area (Å²) in [6, 6.07) is 15.4. The highest BCUT2D eigenvalue weighted by Gasteiger charge is 2.18. The van der Waals surface area contributed by atoms with Crippen LogP contribution in [-0.4, -0.2) is 29.5 Å². The molecule has 0 bridgehead atoms. The van der Waals surface area contributed by atoms with Gasteiger partial charge in [-0.2, -0.15) is 0 Å². The minimum absolute atomic E-state index is 0.105. The van der Waals surface area contributed by atoms with E-state index in [4.69, 9.17) is 9.47 Å². The third kappa shape index (κ3) is 3.82. The van der Waals surface area contributed by atoms with E-state index in [2.05, 4.69) is 10.3 Å². The lowest BCUT2D eigenvalue weighted by atomic mass is 10.2. The van der Waals surface area contributed by atoms with Crippen LogP contribution in [0.25, 0.3) is 16.2 Å². The summed E-state index contributed by atoms with van der Waals surface area (Å²) in [5.41, 5.74) is 3.73. The van der Waals surface area contributed by atoms with Crippen LogP contribution in [-0.2, 0) is 6.54 Å². The second-order valence-corrected chi connectivity index (χ2v) is 7.54. The second kappa shape index (κ2) is 7.97. The van der Waals surface area contributed by atoms with Gasteiger partial charge in [0.05, 0.1) is 19.9 Å². The molecular formula is C22H21N3O3S. The number of nitrogens with one attached hydrogen (secondary N) is 1. The first-order valence-electron chi connectivity index (χ1n) is 9.13. The van der Waals surface area contributed by atoms with Gasteiger partial charge in [-0.1, -0.05) is 23.5 Å². The molecule has 0 saturated heterocycles. The fourth-order valence-electron chi connectivity index (χ4n) is 3.11. The lowest BCUT2D eigenvalue weighted by Crippen LogP contribution is -2.22. The lowest BCUT2D eigenvalue weighted by molar-refractivity contribution is 0.0954. The molecular weight excluding hydrogens is 386 g/mol. The van der Waals surface area contributed by atoms with Crippen molar-refractivity contribution < 1.29 is 14.3 Å². The molecule has 0 aliphatic carbocycles. The van der Waals surface area contributed by atoms with E-state index >= 15 is 0 Å². The standard InChI is InChI=1S/C22H21N3O3S/c1-14-20(21(26)23-12-15-5-4-6-18(11-15)28-3)29-22-24-19(13-25(14)22)16-7-9-17(27-2)10-8-16/h4-11,13H,12H2,1-3H3,(H,23,26). The molecule has 0 aliphatic heterocycles. The molecule has 148 valence electrons. The molecule has 4 aromatic rings. The van der Waals surface area contributed by atoms with Gasteiger partial charge in [0, 0.05) is 24.0 Å². The molecule has 0 unspecified atom stereocenters. The Bertz CT molecular complexity index is 1160. The van der Waals surface area contributed by atoms with Gasteiger partial charge in [0.25, 0.3) is 5.91 Å². The van der Waals surface area contributed by atoms with Gasteiger partial charge in [-0.3, -0.25) is 9.20 Å². The highest BCUT2D eigenvalue weighted by atomic mass is 32.1. The van der Waals surface area contributed by atoms with Gasteiger partial charge in [-0.15, -0.1) is 0 Å². The van der Waals surface area contributed by atoms with Gasteiger partial charge in [0.2, 0.25) is 0 Å². The molecule has 1 N–H and O–H groups in total. The number of amides is 1. The largest absolute Gasteiger partial charge is 0.497 e. The van der Waals surface area contributed by atoms with Crippen molar-refractivity contribution in [2.75, 3.05) is 14.2 Å². The van der Waals surface area contributed by atoms with Crippen molar-refractivity contribution >= 4 is 22.2 Å². The van der Waals surface area contributed by atoms with Crippen LogP contribution in [0.1, 0.15) is 20.9 Å². The van der Waals surface area contributed by atoms with E-state index in [0.717, 1.165) is 39.0 Å². The summed E-state index contributed by atoms with van der Waals surface area (Å²) in [6.07, 6.45) is 1.96. The van der Waals surface area contributed by atoms with Crippen molar-refractivity contribution in [1.29, 1.82) is 0 Å². The summed E-state index contributed by atoms with van der Waals surface area (Å²) < 4.78 is 12.4. The molecule has 29 heavy (non-hydrogen) atoms. The number of rotatable bonds is 6. The Morgan fingerprint density at radius 2 is 1.86 bits per heavy atom. The number of aryl methyl sites for hydroxylation is 1. The normalized spacial score (nSPS) is 10.9. The molecule has 2 aromatic heterocycles. The summed E-state index contributed by atoms with van der Waals surface area (Å²) in [7, 11) is 3.27. The number of imidazole rings is 1. The summed E-state index contributed by atoms with van der Waals surface area (Å²) >= 11 is 1.39. The van der Waals surface area contributed by atoms with Crippen molar-refractivity contribution in [3.63, 3.8) is 0 Å². The Balaban J connectivity index is 1.52. The van der Waals surface area contributed by atoms with Crippen LogP contribution in [0.2, 0.25) is 0 Å². The Morgan fingerprint density at radius 3 is 2.55 bits per heavy atom. The fourth-order valence-corrected chi connectivity index (χ4v) is 4.13. The third-order valence-electron chi connectivity index (χ3n) is 4.74. The van der Waals surface area contributed by atoms with Crippen LogP contribution in [0.15, 0.2) is 54.7 Å². The van der Waals surface area contributed by atoms with E-state index in [0.29, 0.717) is 11.4 Å². The summed E-state index contributed by atoms with van der Waals surface area (Å²) in [4.78, 5) is 18.8. The van der Waals surface area contributed by atoms with E-state index in [1.807, 2.05) is 66.1 Å². The van der Waals surface area contributed by atoms with E-state index < -0.39 is 0 Å². The van der Waals surface area contributed by atoms with Crippen molar-refractivity contribution in [2.45, 2.75) is 13.5 Å². The number of thiazole rings is 1. The van der Waals surface area contributed by atoms with Crippen molar-refractivity contribution in [3.8, 4) is 22.8 Å². The number of aromatic nitrogens is 2. The molecule has 1 amide bonds. The predicted octanol–water partition coefficient (Wildman–Crippen LogP) is 4.32. The molecule has 4 rings (SSSR count). The zero-order valence-corrected chi connectivity index (χ0v) is 17.2. The zero-order valence-electron chi connectivity index (χ0n) is 16.4. The van der Waals surface area contributed by atoms with Crippen molar-refractivity contribution in [2.24, 2.45) is 0 Å². The van der Waals surface area contributed by atoms with Crippen LogP contribution in [0.4, 0.5) is 0 Å². The van der Waals surface area contributed by atoms with Crippen molar-refractivity contribution in [1.82, 2.24) is 14.7 Å². The van der Waals surface area contributed by atoms with Gasteiger partial charge < -0.3 is 14.8 Å². The molecule has 7 heteroatoms. The average molecular weight is 407 g/mol. The predicted molar refractivity (Wildman–Crippen MR) is 114 cm³/mol. The number of carbonyl (C=O) groups is 1. The van der Waals surface area contributed by atoms with Gasteiger partial charge >= 0.3 is 0 Å². The van der Waals surface area contributed by atoms with E-state index in [1.54, 1.807) is 14.2 Å². The number of fused-ring (bicyclic) bond motifs is 1. The van der Waals surface area contributed by atoms with E-state index in [1.165, 1.54) is 11.3 Å². The monoisotopic (exact) mass is 407 g/mol. The molecule has 0 spiro atoms. The SMILES string of the molecule is COc1ccc(-c2cn3c(C)c(C(=O)NCc4cccc(OC)c4)sc3n2)cc1. The average Bonchev–Trinajstić information content (AvgIpc) is 3.31. The number of hydrogen-bond acceptors (Lipinski definition) is 5. The maximum Gasteiger partial charge on any atom is 0.263 e. The molecule has 0 fully saturated rings. The van der Waals surface area contributed by atoms with Crippen molar-refractivity contribution in [3.05, 3.63) is 70.9 Å². The van der Waals surface area contributed by atoms with E-state index in [-0.39, 0.29) is 5.91 Å². The maximum atomic E-state index is 12.7. The van der Waals surface area contributed by atoms with Crippen LogP contribution >= 0.6 is 11.3 Å². The second-order valence-electron chi connectivity index (χ2n) is 6.56. The van der Waals surface area contributed by atoms with Gasteiger partial charge in [0.15, 0.2) is 4.96 Å². The Morgan fingerprint density at radius 1 is 1.10 bits per heavy atom. The molecule has 2 heterocycles. The van der Waals surface area contributed by atoms with Crippen LogP contribution in [0.5, 0.6) is 11.5 Å². The molecule has 0 radical (unpaired) electrons. The number of nitrogens with zero attached hydrogens (tertiary/aromatic N) is 2. The minimum atomic E-state index is -0.105. The Kier molecular flexibility index (Phi) is 5.22. The molecule has 0 aliphatic rings. The highest BCUT2D eigenvalue weighted by Crippen LogP contribution is 2.28. The number of carbonyl (C=O) groups excluding carboxylic acids is 1. The summed E-state index contributed by atoms with van der Waals surface area (Å²) in [5.74, 6) is 1.47.